The number of benzene rings is 2. The molecule has 5 N–H and O–H groups in total. The van der Waals surface area contributed by atoms with Crippen molar-refractivity contribution in [2.75, 3.05) is 51.4 Å². The number of pyridine rings is 1. The number of anilines is 1. The standard InChI is InChI=1S/C43H52FN9O5/c1-4-35-32(36(49-30-11-15-56-16-12-30)33-23-48-53(5-2)41(33)50-35)22-47-43(55)38-40-39(57-17-18-58-40)37(51-38)42(54)46-21-27-9-10-34(44)31(20-27)29-8-6-7-28(19-29)25-52-14-13-45-26(3)24-52/h6-10,19-20,23,26,30,45,51H,4-5,11-18,21-22,24-25H2,1-3H3,(H,46,54)(H,47,55)(H,49,50)/t26-/m0/s1. The third-order valence-corrected chi connectivity index (χ3v) is 11.1. The van der Waals surface area contributed by atoms with E-state index in [1.54, 1.807) is 12.1 Å². The van der Waals surface area contributed by atoms with Crippen LogP contribution in [0.4, 0.5) is 10.1 Å². The van der Waals surface area contributed by atoms with Gasteiger partial charge in [-0.2, -0.15) is 5.10 Å². The molecule has 6 heterocycles. The number of carbonyl (C=O) groups is 2. The minimum atomic E-state index is -0.488. The van der Waals surface area contributed by atoms with E-state index in [9.17, 15) is 9.59 Å². The molecule has 0 saturated carbocycles. The maximum absolute atomic E-state index is 15.3. The Balaban J connectivity index is 0.985. The first-order valence-corrected chi connectivity index (χ1v) is 20.4. The minimum Gasteiger partial charge on any atom is -0.484 e. The van der Waals surface area contributed by atoms with E-state index in [1.807, 2.05) is 42.9 Å². The summed E-state index contributed by atoms with van der Waals surface area (Å²) in [7, 11) is 0. The number of amides is 2. The fourth-order valence-electron chi connectivity index (χ4n) is 8.13. The second kappa shape index (κ2) is 17.5. The van der Waals surface area contributed by atoms with E-state index in [4.69, 9.17) is 19.2 Å². The Kier molecular flexibility index (Phi) is 11.9. The van der Waals surface area contributed by atoms with Crippen LogP contribution in [0.2, 0.25) is 0 Å². The maximum atomic E-state index is 15.3. The van der Waals surface area contributed by atoms with Gasteiger partial charge in [0.05, 0.1) is 17.3 Å². The van der Waals surface area contributed by atoms with Crippen molar-refractivity contribution in [1.82, 2.24) is 40.6 Å². The fraction of sp³-hybridized carbons (Fsp3) is 0.442. The molecule has 14 nitrogen and oxygen atoms in total. The van der Waals surface area contributed by atoms with Crippen LogP contribution in [-0.2, 0) is 37.3 Å². The van der Waals surface area contributed by atoms with Crippen molar-refractivity contribution in [3.8, 4) is 22.6 Å². The molecule has 3 aliphatic heterocycles. The number of ether oxygens (including phenoxy) is 3. The van der Waals surface area contributed by atoms with Gasteiger partial charge in [0.25, 0.3) is 11.8 Å². The number of hydrogen-bond donors (Lipinski definition) is 5. The summed E-state index contributed by atoms with van der Waals surface area (Å²) < 4.78 is 34.6. The molecule has 3 aromatic heterocycles. The van der Waals surface area contributed by atoms with E-state index in [-0.39, 0.29) is 61.0 Å². The number of halogens is 1. The average Bonchev–Trinajstić information content (AvgIpc) is 3.85. The molecule has 2 saturated heterocycles. The summed E-state index contributed by atoms with van der Waals surface area (Å²) in [5.41, 5.74) is 6.65. The highest BCUT2D eigenvalue weighted by molar-refractivity contribution is 6.03. The molecule has 58 heavy (non-hydrogen) atoms. The van der Waals surface area contributed by atoms with Gasteiger partial charge in [0.1, 0.15) is 19.0 Å². The molecule has 0 unspecified atom stereocenters. The maximum Gasteiger partial charge on any atom is 0.272 e. The molecule has 15 heteroatoms. The molecule has 8 rings (SSSR count). The normalized spacial score (nSPS) is 17.3. The Labute approximate surface area is 337 Å². The summed E-state index contributed by atoms with van der Waals surface area (Å²) in [6.45, 7) is 12.7. The number of nitrogens with zero attached hydrogens (tertiary/aromatic N) is 4. The number of rotatable bonds is 13. The number of hydrogen-bond acceptors (Lipinski definition) is 10. The molecule has 1 atom stereocenters. The van der Waals surface area contributed by atoms with Crippen LogP contribution in [0.3, 0.4) is 0 Å². The molecule has 2 fully saturated rings. The molecular formula is C43H52FN9O5. The van der Waals surface area contributed by atoms with Crippen molar-refractivity contribution < 1.29 is 28.2 Å². The van der Waals surface area contributed by atoms with Crippen molar-refractivity contribution in [2.24, 2.45) is 0 Å². The van der Waals surface area contributed by atoms with Crippen LogP contribution >= 0.6 is 0 Å². The summed E-state index contributed by atoms with van der Waals surface area (Å²) in [5, 5.41) is 18.7. The number of aromatic nitrogens is 4. The quantitative estimate of drug-likeness (QED) is 0.108. The Morgan fingerprint density at radius 3 is 2.43 bits per heavy atom. The Morgan fingerprint density at radius 2 is 1.71 bits per heavy atom. The number of nitrogens with one attached hydrogen (secondary N) is 5. The summed E-state index contributed by atoms with van der Waals surface area (Å²) in [6, 6.07) is 13.4. The van der Waals surface area contributed by atoms with E-state index in [0.29, 0.717) is 43.3 Å². The summed E-state index contributed by atoms with van der Waals surface area (Å²) in [4.78, 5) is 38.1. The van der Waals surface area contributed by atoms with Crippen molar-refractivity contribution in [3.05, 3.63) is 88.3 Å². The largest absolute Gasteiger partial charge is 0.484 e. The second-order valence-electron chi connectivity index (χ2n) is 15.2. The van der Waals surface area contributed by atoms with Gasteiger partial charge in [-0.3, -0.25) is 14.5 Å². The van der Waals surface area contributed by atoms with Gasteiger partial charge in [0, 0.05) is 87.9 Å². The molecule has 0 aliphatic carbocycles. The Bertz CT molecular complexity index is 2280. The zero-order valence-electron chi connectivity index (χ0n) is 33.4. The molecule has 0 bridgehead atoms. The highest BCUT2D eigenvalue weighted by atomic mass is 19.1. The topological polar surface area (TPSA) is 160 Å². The van der Waals surface area contributed by atoms with Crippen LogP contribution in [0, 0.1) is 5.82 Å². The van der Waals surface area contributed by atoms with Crippen molar-refractivity contribution in [2.45, 2.75) is 78.3 Å². The SMILES string of the molecule is CCc1nc2c(cnn2CC)c(NC2CCOCC2)c1CNC(=O)c1[nH]c(C(=O)NCc2ccc(F)c(-c3cccc(CN4CCN[C@@H](C)C4)c3)c2)c2c1OCCO2. The zero-order valence-corrected chi connectivity index (χ0v) is 33.4. The van der Waals surface area contributed by atoms with Crippen molar-refractivity contribution >= 4 is 28.5 Å². The molecule has 2 amide bonds. The van der Waals surface area contributed by atoms with E-state index in [0.717, 1.165) is 78.1 Å². The first kappa shape index (κ1) is 39.3. The predicted octanol–water partition coefficient (Wildman–Crippen LogP) is 5.16. The van der Waals surface area contributed by atoms with Crippen molar-refractivity contribution in [1.29, 1.82) is 0 Å². The van der Waals surface area contributed by atoms with Gasteiger partial charge >= 0.3 is 0 Å². The lowest BCUT2D eigenvalue weighted by molar-refractivity contribution is 0.0904. The molecule has 3 aliphatic rings. The number of piperazine rings is 1. The molecular weight excluding hydrogens is 742 g/mol. The van der Waals surface area contributed by atoms with Gasteiger partial charge in [0.15, 0.2) is 28.5 Å². The number of fused-ring (bicyclic) bond motifs is 2. The monoisotopic (exact) mass is 793 g/mol. The van der Waals surface area contributed by atoms with E-state index in [2.05, 4.69) is 49.2 Å². The molecule has 0 spiro atoms. The number of H-pyrrole nitrogens is 1. The first-order chi connectivity index (χ1) is 28.3. The smallest absolute Gasteiger partial charge is 0.272 e. The van der Waals surface area contributed by atoms with E-state index < -0.39 is 11.8 Å². The van der Waals surface area contributed by atoms with Crippen LogP contribution in [0.25, 0.3) is 22.2 Å². The van der Waals surface area contributed by atoms with Gasteiger partial charge in [-0.15, -0.1) is 0 Å². The van der Waals surface area contributed by atoms with Gasteiger partial charge in [0.2, 0.25) is 0 Å². The van der Waals surface area contributed by atoms with Crippen LogP contribution in [-0.4, -0.2) is 94.6 Å². The number of carbonyl (C=O) groups excluding carboxylic acids is 2. The lowest BCUT2D eigenvalue weighted by atomic mass is 10.00. The zero-order chi connectivity index (χ0) is 40.2. The van der Waals surface area contributed by atoms with Crippen molar-refractivity contribution in [3.63, 3.8) is 0 Å². The van der Waals surface area contributed by atoms with Crippen LogP contribution in [0.5, 0.6) is 11.5 Å². The number of aryl methyl sites for hydroxylation is 2. The highest BCUT2D eigenvalue weighted by Gasteiger charge is 2.31. The average molecular weight is 794 g/mol. The second-order valence-corrected chi connectivity index (χ2v) is 15.2. The van der Waals surface area contributed by atoms with Crippen LogP contribution in [0.15, 0.2) is 48.7 Å². The summed E-state index contributed by atoms with van der Waals surface area (Å²) in [5.74, 6) is -0.927. The highest BCUT2D eigenvalue weighted by Crippen LogP contribution is 2.38. The van der Waals surface area contributed by atoms with E-state index in [1.165, 1.54) is 6.07 Å². The van der Waals surface area contributed by atoms with Crippen LogP contribution < -0.4 is 30.7 Å². The fourth-order valence-corrected chi connectivity index (χ4v) is 8.13. The number of aromatic amines is 1. The molecule has 306 valence electrons. The Morgan fingerprint density at radius 1 is 0.948 bits per heavy atom. The first-order valence-electron chi connectivity index (χ1n) is 20.4. The third kappa shape index (κ3) is 8.38. The van der Waals surface area contributed by atoms with Gasteiger partial charge in [-0.05, 0) is 68.0 Å². The lowest BCUT2D eigenvalue weighted by Crippen LogP contribution is -2.48. The molecule has 0 radical (unpaired) electrons. The summed E-state index contributed by atoms with van der Waals surface area (Å²) in [6.07, 6.45) is 4.21. The van der Waals surface area contributed by atoms with E-state index >= 15 is 4.39 Å². The Hall–Kier alpha value is -5.51. The molecule has 5 aromatic rings. The van der Waals surface area contributed by atoms with Gasteiger partial charge < -0.3 is 40.5 Å². The summed E-state index contributed by atoms with van der Waals surface area (Å²) >= 11 is 0. The lowest BCUT2D eigenvalue weighted by Gasteiger charge is -2.31. The predicted molar refractivity (Wildman–Crippen MR) is 219 cm³/mol. The molecule has 2 aromatic carbocycles. The third-order valence-electron chi connectivity index (χ3n) is 11.1. The van der Waals surface area contributed by atoms with Crippen LogP contribution in [0.1, 0.15) is 77.0 Å². The minimum absolute atomic E-state index is 0.0725. The van der Waals surface area contributed by atoms with Gasteiger partial charge in [-0.25, -0.2) is 14.1 Å². The van der Waals surface area contributed by atoms with Gasteiger partial charge in [-0.1, -0.05) is 31.2 Å².